The molecular formula is C18H21N5OS. The summed E-state index contributed by atoms with van der Waals surface area (Å²) in [7, 11) is 0. The number of thioether (sulfide) groups is 1. The van der Waals surface area contributed by atoms with Crippen LogP contribution in [0.1, 0.15) is 50.6 Å². The van der Waals surface area contributed by atoms with Crippen LogP contribution in [0.2, 0.25) is 0 Å². The molecule has 1 aliphatic carbocycles. The fourth-order valence-corrected chi connectivity index (χ4v) is 3.96. The van der Waals surface area contributed by atoms with Crippen molar-refractivity contribution in [2.24, 2.45) is 10.9 Å². The standard InChI is InChI=1S/C18H21N5OS/c1-2-14-16(20)25-17(22-14)13(10-19)15-8-9-21-18(23-15)24-11-12-6-4-3-5-7-12/h2,8-9,12-13,20H,3-7,11H2,1H3/b14-2+,20-16?. The molecule has 130 valence electrons. The zero-order valence-electron chi connectivity index (χ0n) is 14.2. The Bertz CT molecular complexity index is 746. The third-order valence-corrected chi connectivity index (χ3v) is 5.39. The first kappa shape index (κ1) is 17.6. The third-order valence-electron chi connectivity index (χ3n) is 4.44. The zero-order valence-corrected chi connectivity index (χ0v) is 15.1. The first-order valence-corrected chi connectivity index (χ1v) is 9.40. The van der Waals surface area contributed by atoms with Crippen molar-refractivity contribution in [1.29, 1.82) is 10.7 Å². The van der Waals surface area contributed by atoms with Crippen molar-refractivity contribution in [1.82, 2.24) is 9.97 Å². The highest BCUT2D eigenvalue weighted by Gasteiger charge is 2.28. The Kier molecular flexibility index (Phi) is 5.82. The maximum absolute atomic E-state index is 9.57. The molecule has 2 heterocycles. The lowest BCUT2D eigenvalue weighted by Crippen LogP contribution is -2.17. The Morgan fingerprint density at radius 1 is 1.44 bits per heavy atom. The van der Waals surface area contributed by atoms with Crippen LogP contribution in [-0.4, -0.2) is 26.7 Å². The summed E-state index contributed by atoms with van der Waals surface area (Å²) in [4.78, 5) is 13.0. The van der Waals surface area contributed by atoms with Gasteiger partial charge in [-0.05, 0) is 31.7 Å². The minimum absolute atomic E-state index is 0.313. The van der Waals surface area contributed by atoms with E-state index in [1.54, 1.807) is 18.3 Å². The maximum atomic E-state index is 9.57. The van der Waals surface area contributed by atoms with Crippen molar-refractivity contribution in [3.05, 3.63) is 29.7 Å². The van der Waals surface area contributed by atoms with E-state index < -0.39 is 5.92 Å². The third kappa shape index (κ3) is 4.26. The second-order valence-electron chi connectivity index (χ2n) is 6.20. The Balaban J connectivity index is 1.71. The molecule has 0 bridgehead atoms. The largest absolute Gasteiger partial charge is 0.463 e. The summed E-state index contributed by atoms with van der Waals surface area (Å²) >= 11 is 1.21. The quantitative estimate of drug-likeness (QED) is 0.859. The van der Waals surface area contributed by atoms with E-state index in [2.05, 4.69) is 21.0 Å². The highest BCUT2D eigenvalue weighted by atomic mass is 32.2. The molecule has 0 amide bonds. The first-order chi connectivity index (χ1) is 12.2. The number of nitrogens with one attached hydrogen (secondary N) is 1. The van der Waals surface area contributed by atoms with Crippen LogP contribution < -0.4 is 4.74 Å². The van der Waals surface area contributed by atoms with E-state index >= 15 is 0 Å². The van der Waals surface area contributed by atoms with Crippen LogP contribution in [0.3, 0.4) is 0 Å². The Labute approximate surface area is 151 Å². The number of hydrogen-bond acceptors (Lipinski definition) is 7. The van der Waals surface area contributed by atoms with Crippen molar-refractivity contribution in [3.63, 3.8) is 0 Å². The van der Waals surface area contributed by atoms with E-state index in [0.29, 0.717) is 40.0 Å². The molecule has 3 rings (SSSR count). The van der Waals surface area contributed by atoms with E-state index in [4.69, 9.17) is 10.1 Å². The number of allylic oxidation sites excluding steroid dienone is 1. The smallest absolute Gasteiger partial charge is 0.316 e. The van der Waals surface area contributed by atoms with Crippen LogP contribution in [0.4, 0.5) is 0 Å². The number of rotatable bonds is 5. The number of aromatic nitrogens is 2. The molecule has 0 aromatic carbocycles. The predicted molar refractivity (Wildman–Crippen MR) is 99.0 cm³/mol. The van der Waals surface area contributed by atoms with E-state index in [9.17, 15) is 5.26 Å². The molecule has 1 unspecified atom stereocenters. The van der Waals surface area contributed by atoms with Gasteiger partial charge < -0.3 is 4.74 Å². The van der Waals surface area contributed by atoms with Gasteiger partial charge in [-0.15, -0.1) is 0 Å². The molecule has 2 aliphatic rings. The lowest BCUT2D eigenvalue weighted by Gasteiger charge is -2.21. The van der Waals surface area contributed by atoms with Gasteiger partial charge in [-0.1, -0.05) is 37.1 Å². The van der Waals surface area contributed by atoms with Crippen LogP contribution in [-0.2, 0) is 0 Å². The van der Waals surface area contributed by atoms with Gasteiger partial charge >= 0.3 is 6.01 Å². The molecule has 1 saturated carbocycles. The van der Waals surface area contributed by atoms with Crippen LogP contribution in [0.15, 0.2) is 29.0 Å². The van der Waals surface area contributed by atoms with Crippen molar-refractivity contribution in [3.8, 4) is 12.1 Å². The summed E-state index contributed by atoms with van der Waals surface area (Å²) < 4.78 is 5.77. The molecule has 1 aliphatic heterocycles. The van der Waals surface area contributed by atoms with Gasteiger partial charge in [0.2, 0.25) is 0 Å². The van der Waals surface area contributed by atoms with Crippen LogP contribution in [0.25, 0.3) is 0 Å². The molecule has 0 radical (unpaired) electrons. The average molecular weight is 355 g/mol. The van der Waals surface area contributed by atoms with Crippen LogP contribution in [0.5, 0.6) is 6.01 Å². The highest BCUT2D eigenvalue weighted by Crippen LogP contribution is 2.32. The van der Waals surface area contributed by atoms with Gasteiger partial charge in [0.25, 0.3) is 0 Å². The number of nitrogens with zero attached hydrogens (tertiary/aromatic N) is 4. The number of aliphatic imine (C=N–C) groups is 1. The van der Waals surface area contributed by atoms with Gasteiger partial charge in [-0.2, -0.15) is 10.2 Å². The highest BCUT2D eigenvalue weighted by molar-refractivity contribution is 8.27. The van der Waals surface area contributed by atoms with Crippen molar-refractivity contribution >= 4 is 21.8 Å². The molecule has 0 spiro atoms. The van der Waals surface area contributed by atoms with Gasteiger partial charge in [0, 0.05) is 6.20 Å². The Hall–Kier alpha value is -2.20. The van der Waals surface area contributed by atoms with Crippen molar-refractivity contribution in [2.45, 2.75) is 44.9 Å². The lowest BCUT2D eigenvalue weighted by molar-refractivity contribution is 0.196. The van der Waals surface area contributed by atoms with E-state index in [1.807, 2.05) is 6.92 Å². The Morgan fingerprint density at radius 2 is 2.24 bits per heavy atom. The molecule has 6 nitrogen and oxygen atoms in total. The summed E-state index contributed by atoms with van der Waals surface area (Å²) in [5.41, 5.74) is 1.16. The van der Waals surface area contributed by atoms with Crippen LogP contribution in [0, 0.1) is 22.7 Å². The Morgan fingerprint density at radius 3 is 2.92 bits per heavy atom. The molecule has 25 heavy (non-hydrogen) atoms. The SMILES string of the molecule is C/C=C1/N=C(C(C#N)c2ccnc(OCC3CCCCC3)n2)SC1=N. The second kappa shape index (κ2) is 8.26. The topological polar surface area (TPSA) is 95.0 Å². The average Bonchev–Trinajstić information content (AvgIpc) is 3.02. The zero-order chi connectivity index (χ0) is 17.6. The van der Waals surface area contributed by atoms with Crippen molar-refractivity contribution in [2.75, 3.05) is 6.61 Å². The van der Waals surface area contributed by atoms with Gasteiger partial charge in [0.05, 0.1) is 24.1 Å². The van der Waals surface area contributed by atoms with Crippen molar-refractivity contribution < 1.29 is 4.74 Å². The summed E-state index contributed by atoms with van der Waals surface area (Å²) in [6, 6.07) is 4.26. The summed E-state index contributed by atoms with van der Waals surface area (Å²) in [5, 5.41) is 18.4. The number of hydrogen-bond donors (Lipinski definition) is 1. The fourth-order valence-electron chi connectivity index (χ4n) is 3.05. The van der Waals surface area contributed by atoms with E-state index in [1.165, 1.54) is 43.9 Å². The summed E-state index contributed by atoms with van der Waals surface area (Å²) in [5.74, 6) is -0.0388. The molecular weight excluding hydrogens is 334 g/mol. The van der Waals surface area contributed by atoms with Crippen LogP contribution >= 0.6 is 11.8 Å². The van der Waals surface area contributed by atoms with E-state index in [0.717, 1.165) is 0 Å². The fraction of sp³-hybridized carbons (Fsp3) is 0.500. The number of ether oxygens (including phenoxy) is 1. The molecule has 1 N–H and O–H groups in total. The molecule has 1 aromatic heterocycles. The van der Waals surface area contributed by atoms with Gasteiger partial charge in [0.1, 0.15) is 16.0 Å². The minimum Gasteiger partial charge on any atom is -0.463 e. The normalized spacial score (nSPS) is 21.0. The molecule has 0 saturated heterocycles. The molecule has 7 heteroatoms. The van der Waals surface area contributed by atoms with Gasteiger partial charge in [0.15, 0.2) is 0 Å². The molecule has 1 atom stereocenters. The first-order valence-electron chi connectivity index (χ1n) is 8.58. The summed E-state index contributed by atoms with van der Waals surface area (Å²) in [6.45, 7) is 2.46. The molecule has 1 aromatic rings. The minimum atomic E-state index is -0.608. The summed E-state index contributed by atoms with van der Waals surface area (Å²) in [6.07, 6.45) is 9.63. The van der Waals surface area contributed by atoms with Gasteiger partial charge in [-0.3, -0.25) is 5.41 Å². The lowest BCUT2D eigenvalue weighted by atomic mass is 9.90. The molecule has 1 fully saturated rings. The monoisotopic (exact) mass is 355 g/mol. The second-order valence-corrected chi connectivity index (χ2v) is 7.23. The number of nitriles is 1. The predicted octanol–water partition coefficient (Wildman–Crippen LogP) is 4.07. The van der Waals surface area contributed by atoms with Gasteiger partial charge in [-0.25, -0.2) is 9.98 Å². The maximum Gasteiger partial charge on any atom is 0.316 e. The van der Waals surface area contributed by atoms with E-state index in [-0.39, 0.29) is 0 Å².